The van der Waals surface area contributed by atoms with Crippen molar-refractivity contribution >= 4 is 17.3 Å². The van der Waals surface area contributed by atoms with E-state index in [1.54, 1.807) is 12.1 Å². The fourth-order valence-electron chi connectivity index (χ4n) is 2.35. The first-order valence-corrected chi connectivity index (χ1v) is 6.72. The lowest BCUT2D eigenvalue weighted by Crippen LogP contribution is -2.60. The SMILES string of the molecule is CNC1CC(NC)(Nc2ccc(F)c(Cl)c2)CC[N]1. The molecule has 3 N–H and O–H groups in total. The average Bonchev–Trinajstić information content (AvgIpc) is 2.43. The van der Waals surface area contributed by atoms with E-state index in [1.807, 2.05) is 14.1 Å². The van der Waals surface area contributed by atoms with Crippen molar-refractivity contribution in [1.82, 2.24) is 16.0 Å². The van der Waals surface area contributed by atoms with Crippen LogP contribution in [0.5, 0.6) is 0 Å². The Bertz CT molecular complexity index is 443. The van der Waals surface area contributed by atoms with Crippen LogP contribution in [0.15, 0.2) is 18.2 Å². The second-order valence-corrected chi connectivity index (χ2v) is 5.16. The van der Waals surface area contributed by atoms with E-state index in [2.05, 4.69) is 21.3 Å². The van der Waals surface area contributed by atoms with Crippen LogP contribution in [-0.2, 0) is 0 Å². The van der Waals surface area contributed by atoms with Gasteiger partial charge < -0.3 is 10.6 Å². The standard InChI is InChI=1S/C13H19ClFN4/c1-16-12-8-13(17-2,5-6-18-12)19-9-3-4-11(15)10(14)7-9/h3-4,7,12,16-17,19H,5-6,8H2,1-2H3. The molecular formula is C13H19ClFN4. The largest absolute Gasteiger partial charge is 0.367 e. The van der Waals surface area contributed by atoms with Gasteiger partial charge >= 0.3 is 0 Å². The van der Waals surface area contributed by atoms with Gasteiger partial charge in [0.05, 0.1) is 16.9 Å². The Morgan fingerprint density at radius 2 is 2.21 bits per heavy atom. The minimum absolute atomic E-state index is 0.115. The number of nitrogens with zero attached hydrogens (tertiary/aromatic N) is 1. The third-order valence-corrected chi connectivity index (χ3v) is 3.83. The zero-order chi connectivity index (χ0) is 13.9. The number of piperidine rings is 1. The lowest BCUT2D eigenvalue weighted by molar-refractivity contribution is 0.223. The van der Waals surface area contributed by atoms with Gasteiger partial charge in [-0.05, 0) is 38.7 Å². The highest BCUT2D eigenvalue weighted by atomic mass is 35.5. The normalized spacial score (nSPS) is 27.3. The van der Waals surface area contributed by atoms with Crippen LogP contribution in [0.25, 0.3) is 0 Å². The molecule has 1 fully saturated rings. The molecule has 0 amide bonds. The molecule has 1 aromatic carbocycles. The van der Waals surface area contributed by atoms with Gasteiger partial charge in [0.25, 0.3) is 0 Å². The summed E-state index contributed by atoms with van der Waals surface area (Å²) >= 11 is 5.81. The molecule has 2 unspecified atom stereocenters. The van der Waals surface area contributed by atoms with Crippen LogP contribution in [0.3, 0.4) is 0 Å². The fraction of sp³-hybridized carbons (Fsp3) is 0.538. The van der Waals surface area contributed by atoms with Crippen LogP contribution in [0, 0.1) is 5.82 Å². The van der Waals surface area contributed by atoms with E-state index in [-0.39, 0.29) is 16.9 Å². The van der Waals surface area contributed by atoms with Crippen LogP contribution in [-0.4, -0.2) is 32.5 Å². The summed E-state index contributed by atoms with van der Waals surface area (Å²) in [5, 5.41) is 14.5. The van der Waals surface area contributed by atoms with Gasteiger partial charge in [-0.15, -0.1) is 0 Å². The lowest BCUT2D eigenvalue weighted by atomic mass is 9.95. The molecule has 1 aliphatic rings. The molecule has 1 radical (unpaired) electrons. The summed E-state index contributed by atoms with van der Waals surface area (Å²) in [4.78, 5) is 0. The summed E-state index contributed by atoms with van der Waals surface area (Å²) in [5.41, 5.74) is 0.550. The molecule has 6 heteroatoms. The Morgan fingerprint density at radius 3 is 2.84 bits per heavy atom. The minimum Gasteiger partial charge on any atom is -0.367 e. The van der Waals surface area contributed by atoms with Gasteiger partial charge in [-0.3, -0.25) is 5.32 Å². The van der Waals surface area contributed by atoms with Gasteiger partial charge in [0, 0.05) is 18.7 Å². The Kier molecular flexibility index (Phi) is 4.62. The van der Waals surface area contributed by atoms with Gasteiger partial charge in [-0.2, -0.15) is 0 Å². The van der Waals surface area contributed by atoms with Crippen molar-refractivity contribution in [2.45, 2.75) is 24.7 Å². The smallest absolute Gasteiger partial charge is 0.141 e. The Morgan fingerprint density at radius 1 is 1.42 bits per heavy atom. The number of halogens is 2. The minimum atomic E-state index is -0.405. The predicted molar refractivity (Wildman–Crippen MR) is 75.9 cm³/mol. The summed E-state index contributed by atoms with van der Waals surface area (Å²) in [5.74, 6) is -0.405. The van der Waals surface area contributed by atoms with Gasteiger partial charge in [0.15, 0.2) is 0 Å². The zero-order valence-electron chi connectivity index (χ0n) is 11.1. The molecule has 1 heterocycles. The maximum absolute atomic E-state index is 13.2. The first-order chi connectivity index (χ1) is 9.08. The van der Waals surface area contributed by atoms with E-state index in [9.17, 15) is 4.39 Å². The highest BCUT2D eigenvalue weighted by Crippen LogP contribution is 2.26. The molecule has 0 aliphatic carbocycles. The van der Waals surface area contributed by atoms with Gasteiger partial charge in [-0.25, -0.2) is 9.71 Å². The van der Waals surface area contributed by atoms with Crippen LogP contribution in [0.4, 0.5) is 10.1 Å². The molecular weight excluding hydrogens is 267 g/mol. The highest BCUT2D eigenvalue weighted by molar-refractivity contribution is 6.31. The van der Waals surface area contributed by atoms with E-state index in [0.29, 0.717) is 0 Å². The third-order valence-electron chi connectivity index (χ3n) is 3.54. The maximum Gasteiger partial charge on any atom is 0.141 e. The first kappa shape index (κ1) is 14.5. The molecule has 1 aromatic rings. The van der Waals surface area contributed by atoms with E-state index in [0.717, 1.165) is 25.1 Å². The second kappa shape index (κ2) is 6.05. The van der Waals surface area contributed by atoms with Crippen molar-refractivity contribution in [3.8, 4) is 0 Å². The van der Waals surface area contributed by atoms with E-state index < -0.39 is 5.82 Å². The molecule has 1 aliphatic heterocycles. The Hall–Kier alpha value is -0.880. The summed E-state index contributed by atoms with van der Waals surface area (Å²) in [6, 6.07) is 4.67. The number of benzene rings is 1. The Balaban J connectivity index is 2.15. The monoisotopic (exact) mass is 285 g/mol. The number of nitrogens with one attached hydrogen (secondary N) is 3. The van der Waals surface area contributed by atoms with Crippen LogP contribution >= 0.6 is 11.6 Å². The number of rotatable bonds is 4. The average molecular weight is 286 g/mol. The molecule has 2 atom stereocenters. The number of hydrogen-bond donors (Lipinski definition) is 3. The Labute approximate surface area is 118 Å². The molecule has 105 valence electrons. The van der Waals surface area contributed by atoms with E-state index >= 15 is 0 Å². The van der Waals surface area contributed by atoms with Crippen molar-refractivity contribution in [3.63, 3.8) is 0 Å². The maximum atomic E-state index is 13.2. The van der Waals surface area contributed by atoms with Gasteiger partial charge in [-0.1, -0.05) is 11.6 Å². The van der Waals surface area contributed by atoms with Crippen molar-refractivity contribution in [3.05, 3.63) is 29.0 Å². The molecule has 2 rings (SSSR count). The van der Waals surface area contributed by atoms with Gasteiger partial charge in [0.1, 0.15) is 5.82 Å². The van der Waals surface area contributed by atoms with Gasteiger partial charge in [0.2, 0.25) is 0 Å². The summed E-state index contributed by atoms with van der Waals surface area (Å²) in [6.07, 6.45) is 1.80. The second-order valence-electron chi connectivity index (χ2n) is 4.75. The molecule has 0 bridgehead atoms. The number of hydrogen-bond acceptors (Lipinski definition) is 3. The van der Waals surface area contributed by atoms with Crippen molar-refractivity contribution in [2.24, 2.45) is 0 Å². The lowest BCUT2D eigenvalue weighted by Gasteiger charge is -2.41. The topological polar surface area (TPSA) is 50.2 Å². The van der Waals surface area contributed by atoms with Crippen LogP contribution in [0.2, 0.25) is 5.02 Å². The molecule has 1 saturated heterocycles. The molecule has 0 saturated carbocycles. The highest BCUT2D eigenvalue weighted by Gasteiger charge is 2.35. The summed E-state index contributed by atoms with van der Waals surface area (Å²) in [7, 11) is 3.81. The van der Waals surface area contributed by atoms with Crippen LogP contribution in [0.1, 0.15) is 12.8 Å². The first-order valence-electron chi connectivity index (χ1n) is 6.34. The summed E-state index contributed by atoms with van der Waals surface area (Å²) in [6.45, 7) is 0.772. The van der Waals surface area contributed by atoms with Crippen LogP contribution < -0.4 is 21.3 Å². The quantitative estimate of drug-likeness (QED) is 0.739. The molecule has 19 heavy (non-hydrogen) atoms. The van der Waals surface area contributed by atoms with Crippen molar-refractivity contribution < 1.29 is 4.39 Å². The van der Waals surface area contributed by atoms with Crippen molar-refractivity contribution in [2.75, 3.05) is 26.0 Å². The van der Waals surface area contributed by atoms with E-state index in [4.69, 9.17) is 11.6 Å². The predicted octanol–water partition coefficient (Wildman–Crippen LogP) is 1.75. The number of anilines is 1. The fourth-order valence-corrected chi connectivity index (χ4v) is 2.54. The third kappa shape index (κ3) is 3.36. The zero-order valence-corrected chi connectivity index (χ0v) is 11.9. The molecule has 4 nitrogen and oxygen atoms in total. The molecule has 0 aromatic heterocycles. The van der Waals surface area contributed by atoms with Crippen molar-refractivity contribution in [1.29, 1.82) is 0 Å². The van der Waals surface area contributed by atoms with E-state index in [1.165, 1.54) is 6.07 Å². The summed E-state index contributed by atoms with van der Waals surface area (Å²) < 4.78 is 13.2. The molecule has 0 spiro atoms.